The Hall–Kier alpha value is -1.40. The molecule has 1 aromatic rings. The van der Waals surface area contributed by atoms with Gasteiger partial charge in [-0.15, -0.1) is 11.3 Å². The minimum Gasteiger partial charge on any atom is -0.393 e. The topological polar surface area (TPSA) is 78.4 Å². The van der Waals surface area contributed by atoms with Gasteiger partial charge in [-0.05, 0) is 39.3 Å². The van der Waals surface area contributed by atoms with Crippen molar-refractivity contribution in [3.05, 3.63) is 21.9 Å². The van der Waals surface area contributed by atoms with Gasteiger partial charge in [-0.25, -0.2) is 0 Å². The Morgan fingerprint density at radius 1 is 1.37 bits per heavy atom. The molecule has 2 unspecified atom stereocenters. The molecule has 0 aromatic carbocycles. The number of thiophene rings is 1. The van der Waals surface area contributed by atoms with Crippen molar-refractivity contribution < 1.29 is 14.7 Å². The van der Waals surface area contributed by atoms with Gasteiger partial charge in [0, 0.05) is 10.9 Å². The van der Waals surface area contributed by atoms with Gasteiger partial charge in [-0.3, -0.25) is 9.59 Å². The van der Waals surface area contributed by atoms with Gasteiger partial charge < -0.3 is 15.7 Å². The second kappa shape index (κ2) is 7.25. The second-order valence-electron chi connectivity index (χ2n) is 4.65. The first-order chi connectivity index (χ1) is 8.88. The van der Waals surface area contributed by atoms with E-state index in [0.717, 1.165) is 4.88 Å². The number of hydrogen-bond donors (Lipinski definition) is 3. The molecule has 3 N–H and O–H groups in total. The SMILES string of the molecule is Cc1ccc(C(=O)NCC(=O)NC(C)CC(C)O)s1. The minimum atomic E-state index is -0.459. The first-order valence-corrected chi connectivity index (χ1v) is 7.02. The third-order valence-corrected chi connectivity index (χ3v) is 3.48. The maximum absolute atomic E-state index is 11.7. The van der Waals surface area contributed by atoms with Crippen LogP contribution in [0.4, 0.5) is 0 Å². The molecular formula is C13H20N2O3S. The van der Waals surface area contributed by atoms with Gasteiger partial charge in [0.05, 0.1) is 17.5 Å². The predicted octanol–water partition coefficient (Wildman–Crippen LogP) is 1.06. The normalized spacial score (nSPS) is 13.7. The Balaban J connectivity index is 2.32. The lowest BCUT2D eigenvalue weighted by molar-refractivity contribution is -0.120. The summed E-state index contributed by atoms with van der Waals surface area (Å²) in [5, 5.41) is 14.5. The van der Waals surface area contributed by atoms with E-state index in [9.17, 15) is 14.7 Å². The lowest BCUT2D eigenvalue weighted by atomic mass is 10.1. The van der Waals surface area contributed by atoms with E-state index >= 15 is 0 Å². The summed E-state index contributed by atoms with van der Waals surface area (Å²) in [5.74, 6) is -0.494. The molecular weight excluding hydrogens is 264 g/mol. The molecule has 5 nitrogen and oxygen atoms in total. The highest BCUT2D eigenvalue weighted by Gasteiger charge is 2.12. The van der Waals surface area contributed by atoms with Crippen LogP contribution in [-0.2, 0) is 4.79 Å². The van der Waals surface area contributed by atoms with Crippen LogP contribution in [-0.4, -0.2) is 35.6 Å². The highest BCUT2D eigenvalue weighted by molar-refractivity contribution is 7.13. The fourth-order valence-electron chi connectivity index (χ4n) is 1.70. The molecule has 0 spiro atoms. The van der Waals surface area contributed by atoms with Gasteiger partial charge in [0.1, 0.15) is 0 Å². The van der Waals surface area contributed by atoms with Crippen molar-refractivity contribution in [1.29, 1.82) is 0 Å². The average molecular weight is 284 g/mol. The zero-order valence-corrected chi connectivity index (χ0v) is 12.2. The summed E-state index contributed by atoms with van der Waals surface area (Å²) in [6, 6.07) is 3.49. The van der Waals surface area contributed by atoms with E-state index in [1.165, 1.54) is 11.3 Å². The average Bonchev–Trinajstić information content (AvgIpc) is 2.71. The van der Waals surface area contributed by atoms with Crippen molar-refractivity contribution >= 4 is 23.2 Å². The van der Waals surface area contributed by atoms with Gasteiger partial charge in [0.15, 0.2) is 0 Å². The van der Waals surface area contributed by atoms with Crippen LogP contribution in [0.25, 0.3) is 0 Å². The maximum atomic E-state index is 11.7. The first-order valence-electron chi connectivity index (χ1n) is 6.20. The number of aryl methyl sites for hydroxylation is 1. The monoisotopic (exact) mass is 284 g/mol. The number of carbonyl (C=O) groups excluding carboxylic acids is 2. The van der Waals surface area contributed by atoms with Gasteiger partial charge in [0.25, 0.3) is 5.91 Å². The molecule has 2 amide bonds. The summed E-state index contributed by atoms with van der Waals surface area (Å²) in [5.41, 5.74) is 0. The summed E-state index contributed by atoms with van der Waals surface area (Å²) in [6.45, 7) is 5.35. The highest BCUT2D eigenvalue weighted by Crippen LogP contribution is 2.14. The fourth-order valence-corrected chi connectivity index (χ4v) is 2.48. The van der Waals surface area contributed by atoms with Crippen LogP contribution in [0.1, 0.15) is 34.8 Å². The molecule has 0 bridgehead atoms. The molecule has 19 heavy (non-hydrogen) atoms. The Kier molecular flexibility index (Phi) is 5.98. The zero-order chi connectivity index (χ0) is 14.4. The molecule has 0 radical (unpaired) electrons. The molecule has 0 aliphatic carbocycles. The van der Waals surface area contributed by atoms with Crippen LogP contribution in [0.15, 0.2) is 12.1 Å². The number of aliphatic hydroxyl groups is 1. The van der Waals surface area contributed by atoms with E-state index in [2.05, 4.69) is 10.6 Å². The van der Waals surface area contributed by atoms with Crippen LogP contribution in [0, 0.1) is 6.92 Å². The molecule has 0 aliphatic heterocycles. The minimum absolute atomic E-state index is 0.0556. The summed E-state index contributed by atoms with van der Waals surface area (Å²) >= 11 is 1.39. The number of rotatable bonds is 6. The van der Waals surface area contributed by atoms with Crippen LogP contribution >= 0.6 is 11.3 Å². The fraction of sp³-hybridized carbons (Fsp3) is 0.538. The van der Waals surface area contributed by atoms with Gasteiger partial charge in [-0.1, -0.05) is 0 Å². The molecule has 106 valence electrons. The Bertz CT molecular complexity index is 443. The van der Waals surface area contributed by atoms with Crippen LogP contribution in [0.5, 0.6) is 0 Å². The van der Waals surface area contributed by atoms with E-state index in [-0.39, 0.29) is 24.4 Å². The second-order valence-corrected chi connectivity index (χ2v) is 5.93. The number of nitrogens with one attached hydrogen (secondary N) is 2. The van der Waals surface area contributed by atoms with E-state index < -0.39 is 6.10 Å². The molecule has 0 aliphatic rings. The Morgan fingerprint density at radius 2 is 2.05 bits per heavy atom. The Morgan fingerprint density at radius 3 is 2.58 bits per heavy atom. The molecule has 0 saturated carbocycles. The summed E-state index contributed by atoms with van der Waals surface area (Å²) < 4.78 is 0. The lowest BCUT2D eigenvalue weighted by Crippen LogP contribution is -2.41. The quantitative estimate of drug-likeness (QED) is 0.731. The van der Waals surface area contributed by atoms with Gasteiger partial charge in [-0.2, -0.15) is 0 Å². The van der Waals surface area contributed by atoms with Crippen molar-refractivity contribution in [3.8, 4) is 0 Å². The molecule has 2 atom stereocenters. The van der Waals surface area contributed by atoms with E-state index in [0.29, 0.717) is 11.3 Å². The molecule has 6 heteroatoms. The maximum Gasteiger partial charge on any atom is 0.261 e. The number of aliphatic hydroxyl groups excluding tert-OH is 1. The molecule has 1 rings (SSSR count). The smallest absolute Gasteiger partial charge is 0.261 e. The molecule has 0 fully saturated rings. The summed E-state index contributed by atoms with van der Waals surface area (Å²) in [6.07, 6.45) is 0.0306. The van der Waals surface area contributed by atoms with Gasteiger partial charge >= 0.3 is 0 Å². The third-order valence-electron chi connectivity index (χ3n) is 2.48. The number of carbonyl (C=O) groups is 2. The standard InChI is InChI=1S/C13H20N2O3S/c1-8(6-9(2)16)15-12(17)7-14-13(18)11-5-4-10(3)19-11/h4-5,8-9,16H,6-7H2,1-3H3,(H,14,18)(H,15,17). The molecule has 0 saturated heterocycles. The predicted molar refractivity (Wildman–Crippen MR) is 75.3 cm³/mol. The zero-order valence-electron chi connectivity index (χ0n) is 11.4. The van der Waals surface area contributed by atoms with Crippen molar-refractivity contribution in [2.45, 2.75) is 39.3 Å². The van der Waals surface area contributed by atoms with E-state index in [4.69, 9.17) is 0 Å². The summed E-state index contributed by atoms with van der Waals surface area (Å²) in [7, 11) is 0. The van der Waals surface area contributed by atoms with Crippen molar-refractivity contribution in [3.63, 3.8) is 0 Å². The molecule has 1 aromatic heterocycles. The van der Waals surface area contributed by atoms with Crippen molar-refractivity contribution in [1.82, 2.24) is 10.6 Å². The van der Waals surface area contributed by atoms with Crippen molar-refractivity contribution in [2.24, 2.45) is 0 Å². The van der Waals surface area contributed by atoms with Gasteiger partial charge in [0.2, 0.25) is 5.91 Å². The van der Waals surface area contributed by atoms with Crippen LogP contribution in [0.3, 0.4) is 0 Å². The summed E-state index contributed by atoms with van der Waals surface area (Å²) in [4.78, 5) is 24.9. The highest BCUT2D eigenvalue weighted by atomic mass is 32.1. The van der Waals surface area contributed by atoms with E-state index in [1.54, 1.807) is 13.0 Å². The van der Waals surface area contributed by atoms with Crippen molar-refractivity contribution in [2.75, 3.05) is 6.54 Å². The number of hydrogen-bond acceptors (Lipinski definition) is 4. The third kappa shape index (κ3) is 5.85. The first kappa shape index (κ1) is 15.7. The molecule has 1 heterocycles. The lowest BCUT2D eigenvalue weighted by Gasteiger charge is -2.15. The Labute approximate surface area is 117 Å². The largest absolute Gasteiger partial charge is 0.393 e. The number of amides is 2. The van der Waals surface area contributed by atoms with Crippen LogP contribution < -0.4 is 10.6 Å². The van der Waals surface area contributed by atoms with Crippen LogP contribution in [0.2, 0.25) is 0 Å². The van der Waals surface area contributed by atoms with E-state index in [1.807, 2.05) is 19.9 Å².